The Bertz CT molecular complexity index is 605. The van der Waals surface area contributed by atoms with Crippen LogP contribution >= 0.6 is 0 Å². The molecule has 1 aliphatic rings. The van der Waals surface area contributed by atoms with Crippen molar-refractivity contribution in [2.24, 2.45) is 0 Å². The van der Waals surface area contributed by atoms with E-state index in [0.29, 0.717) is 17.9 Å². The maximum absolute atomic E-state index is 12.2. The lowest BCUT2D eigenvalue weighted by molar-refractivity contribution is -0.0500. The van der Waals surface area contributed by atoms with Crippen LogP contribution in [0, 0.1) is 0 Å². The molecule has 19 heavy (non-hydrogen) atoms. The van der Waals surface area contributed by atoms with Crippen LogP contribution in [-0.2, 0) is 15.5 Å². The molecule has 0 aromatic heterocycles. The highest BCUT2D eigenvalue weighted by Gasteiger charge is 2.48. The van der Waals surface area contributed by atoms with Gasteiger partial charge in [0, 0.05) is 11.0 Å². The van der Waals surface area contributed by atoms with Crippen LogP contribution in [0.1, 0.15) is 19.4 Å². The summed E-state index contributed by atoms with van der Waals surface area (Å²) in [5, 5.41) is 0. The van der Waals surface area contributed by atoms with Crippen molar-refractivity contribution in [2.75, 3.05) is 6.61 Å². The van der Waals surface area contributed by atoms with Gasteiger partial charge < -0.3 is 8.92 Å². The first kappa shape index (κ1) is 14.0. The molecule has 2 rings (SSSR count). The van der Waals surface area contributed by atoms with Gasteiger partial charge in [-0.15, -0.1) is 0 Å². The van der Waals surface area contributed by atoms with E-state index in [0.717, 1.165) is 6.07 Å². The van der Waals surface area contributed by atoms with Gasteiger partial charge in [-0.1, -0.05) is 13.8 Å². The minimum absolute atomic E-state index is 0.373. The third-order valence-corrected chi connectivity index (χ3v) is 3.74. The molecule has 0 saturated heterocycles. The first-order valence-electron chi connectivity index (χ1n) is 5.31. The molecule has 0 atom stereocenters. The van der Waals surface area contributed by atoms with Crippen LogP contribution in [0.4, 0.5) is 13.2 Å². The fourth-order valence-electron chi connectivity index (χ4n) is 1.73. The number of benzene rings is 1. The summed E-state index contributed by atoms with van der Waals surface area (Å²) in [7, 11) is -5.65. The van der Waals surface area contributed by atoms with Gasteiger partial charge in [0.15, 0.2) is 0 Å². The van der Waals surface area contributed by atoms with Crippen LogP contribution < -0.4 is 8.92 Å². The number of hydrogen-bond donors (Lipinski definition) is 0. The maximum Gasteiger partial charge on any atom is 0.534 e. The molecule has 0 N–H and O–H groups in total. The second kappa shape index (κ2) is 4.03. The molecule has 0 bridgehead atoms. The zero-order valence-corrected chi connectivity index (χ0v) is 10.9. The molecule has 1 heterocycles. The van der Waals surface area contributed by atoms with Gasteiger partial charge in [-0.25, -0.2) is 0 Å². The molecule has 106 valence electrons. The Morgan fingerprint density at radius 2 is 1.95 bits per heavy atom. The topological polar surface area (TPSA) is 52.6 Å². The van der Waals surface area contributed by atoms with Crippen molar-refractivity contribution < 1.29 is 30.5 Å². The lowest BCUT2D eigenvalue weighted by atomic mass is 9.87. The number of hydrogen-bond acceptors (Lipinski definition) is 4. The number of fused-ring (bicyclic) bond motifs is 1. The van der Waals surface area contributed by atoms with Crippen LogP contribution in [0.25, 0.3) is 0 Å². The Morgan fingerprint density at radius 1 is 1.32 bits per heavy atom. The Labute approximate surface area is 108 Å². The highest BCUT2D eigenvalue weighted by Crippen LogP contribution is 2.40. The fourth-order valence-corrected chi connectivity index (χ4v) is 2.18. The molecule has 1 aliphatic heterocycles. The summed E-state index contributed by atoms with van der Waals surface area (Å²) < 4.78 is 67.8. The Hall–Kier alpha value is -1.44. The number of rotatable bonds is 2. The first-order valence-corrected chi connectivity index (χ1v) is 6.72. The molecule has 0 radical (unpaired) electrons. The molecule has 0 amide bonds. The molecule has 0 spiro atoms. The van der Waals surface area contributed by atoms with E-state index in [1.54, 1.807) is 0 Å². The molecule has 1 aromatic carbocycles. The molecule has 0 aliphatic carbocycles. The lowest BCUT2D eigenvalue weighted by Crippen LogP contribution is -2.28. The van der Waals surface area contributed by atoms with Crippen molar-refractivity contribution in [3.8, 4) is 11.5 Å². The van der Waals surface area contributed by atoms with Gasteiger partial charge >= 0.3 is 15.6 Å². The van der Waals surface area contributed by atoms with Crippen molar-refractivity contribution >= 4 is 10.1 Å². The van der Waals surface area contributed by atoms with Gasteiger partial charge in [0.2, 0.25) is 0 Å². The first-order chi connectivity index (χ1) is 8.53. The summed E-state index contributed by atoms with van der Waals surface area (Å²) in [5.74, 6) is 0.136. The summed E-state index contributed by atoms with van der Waals surface area (Å²) >= 11 is 0. The minimum Gasteiger partial charge on any atom is -0.492 e. The summed E-state index contributed by atoms with van der Waals surface area (Å²) in [6, 6.07) is 3.78. The standard InChI is InChI=1S/C11H11F3O4S/c1-10(2)6-17-9-4-3-7(5-8(9)10)18-19(15,16)11(12,13)14/h3-5H,6H2,1-2H3. The van der Waals surface area contributed by atoms with Crippen molar-refractivity contribution in [1.29, 1.82) is 0 Å². The molecule has 8 heteroatoms. The zero-order valence-electron chi connectivity index (χ0n) is 10.1. The highest BCUT2D eigenvalue weighted by molar-refractivity contribution is 7.87. The van der Waals surface area contributed by atoms with Crippen LogP contribution in [0.5, 0.6) is 11.5 Å². The van der Waals surface area contributed by atoms with Crippen LogP contribution in [0.2, 0.25) is 0 Å². The largest absolute Gasteiger partial charge is 0.534 e. The predicted octanol–water partition coefficient (Wildman–Crippen LogP) is 2.59. The Kier molecular flexibility index (Phi) is 2.96. The second-order valence-corrected chi connectivity index (χ2v) is 6.35. The van der Waals surface area contributed by atoms with E-state index in [4.69, 9.17) is 4.74 Å². The van der Waals surface area contributed by atoms with E-state index in [1.807, 2.05) is 13.8 Å². The minimum atomic E-state index is -5.65. The fraction of sp³-hybridized carbons (Fsp3) is 0.455. The molecular formula is C11H11F3O4S. The maximum atomic E-state index is 12.2. The van der Waals surface area contributed by atoms with Crippen molar-refractivity contribution in [1.82, 2.24) is 0 Å². The molecule has 1 aromatic rings. The van der Waals surface area contributed by atoms with Crippen molar-refractivity contribution in [3.63, 3.8) is 0 Å². The van der Waals surface area contributed by atoms with E-state index in [-0.39, 0.29) is 5.75 Å². The molecule has 0 fully saturated rings. The smallest absolute Gasteiger partial charge is 0.492 e. The third-order valence-electron chi connectivity index (χ3n) is 2.76. The van der Waals surface area contributed by atoms with Gasteiger partial charge in [0.1, 0.15) is 11.5 Å². The van der Waals surface area contributed by atoms with Crippen LogP contribution in [0.3, 0.4) is 0 Å². The third kappa shape index (κ3) is 2.49. The van der Waals surface area contributed by atoms with E-state index in [1.165, 1.54) is 12.1 Å². The van der Waals surface area contributed by atoms with E-state index < -0.39 is 21.0 Å². The second-order valence-electron chi connectivity index (χ2n) is 4.81. The van der Waals surface area contributed by atoms with E-state index >= 15 is 0 Å². The highest BCUT2D eigenvalue weighted by atomic mass is 32.2. The Balaban J connectivity index is 2.35. The normalized spacial score (nSPS) is 17.7. The summed E-state index contributed by atoms with van der Waals surface area (Å²) in [4.78, 5) is 0. The molecule has 0 unspecified atom stereocenters. The van der Waals surface area contributed by atoms with Gasteiger partial charge in [0.25, 0.3) is 0 Å². The average Bonchev–Trinajstić information content (AvgIpc) is 2.53. The van der Waals surface area contributed by atoms with E-state index in [2.05, 4.69) is 4.18 Å². The lowest BCUT2D eigenvalue weighted by Gasteiger charge is -2.16. The number of ether oxygens (including phenoxy) is 1. The van der Waals surface area contributed by atoms with Gasteiger partial charge in [-0.3, -0.25) is 0 Å². The van der Waals surface area contributed by atoms with Gasteiger partial charge in [-0.05, 0) is 18.2 Å². The summed E-state index contributed by atoms with van der Waals surface area (Å²) in [6.07, 6.45) is 0. The van der Waals surface area contributed by atoms with Crippen molar-refractivity contribution in [3.05, 3.63) is 23.8 Å². The summed E-state index contributed by atoms with van der Waals surface area (Å²) in [5.41, 5.74) is -5.24. The summed E-state index contributed by atoms with van der Waals surface area (Å²) in [6.45, 7) is 4.04. The van der Waals surface area contributed by atoms with Crippen molar-refractivity contribution in [2.45, 2.75) is 24.8 Å². The Morgan fingerprint density at radius 3 is 2.53 bits per heavy atom. The van der Waals surface area contributed by atoms with E-state index in [9.17, 15) is 21.6 Å². The molecule has 4 nitrogen and oxygen atoms in total. The van der Waals surface area contributed by atoms with Gasteiger partial charge in [0.05, 0.1) is 6.61 Å². The average molecular weight is 296 g/mol. The SMILES string of the molecule is CC1(C)COc2ccc(OS(=O)(=O)C(F)(F)F)cc21. The number of halogens is 3. The number of alkyl halides is 3. The van der Waals surface area contributed by atoms with Crippen LogP contribution in [0.15, 0.2) is 18.2 Å². The molecular weight excluding hydrogens is 285 g/mol. The predicted molar refractivity (Wildman–Crippen MR) is 60.6 cm³/mol. The molecule has 0 saturated carbocycles. The van der Waals surface area contributed by atoms with Gasteiger partial charge in [-0.2, -0.15) is 21.6 Å². The zero-order chi connectivity index (χ0) is 14.5. The monoisotopic (exact) mass is 296 g/mol. The quantitative estimate of drug-likeness (QED) is 0.622. The van der Waals surface area contributed by atoms with Crippen LogP contribution in [-0.4, -0.2) is 20.5 Å².